The Morgan fingerprint density at radius 3 is 2.86 bits per heavy atom. The number of benzene rings is 1. The smallest absolute Gasteiger partial charge is 0.139 e. The van der Waals surface area contributed by atoms with Crippen LogP contribution in [0.4, 0.5) is 4.39 Å². The lowest BCUT2D eigenvalue weighted by molar-refractivity contribution is 0.129. The first-order valence-corrected chi connectivity index (χ1v) is 8.34. The highest BCUT2D eigenvalue weighted by molar-refractivity contribution is 9.10. The summed E-state index contributed by atoms with van der Waals surface area (Å²) in [7, 11) is 0. The Kier molecular flexibility index (Phi) is 6.02. The molecule has 0 amide bonds. The SMILES string of the molecule is CCCOCCCn1c(C(C)Cl)nc2cc(F)c(Br)cc21. The molecule has 1 heterocycles. The van der Waals surface area contributed by atoms with E-state index in [2.05, 4.69) is 27.8 Å². The molecule has 1 unspecified atom stereocenters. The van der Waals surface area contributed by atoms with E-state index < -0.39 is 0 Å². The molecule has 0 aliphatic rings. The van der Waals surface area contributed by atoms with Gasteiger partial charge in [-0.25, -0.2) is 9.37 Å². The molecule has 0 radical (unpaired) electrons. The average molecular weight is 378 g/mol. The van der Waals surface area contributed by atoms with Gasteiger partial charge < -0.3 is 9.30 Å². The lowest BCUT2D eigenvalue weighted by Crippen LogP contribution is -2.07. The summed E-state index contributed by atoms with van der Waals surface area (Å²) in [6, 6.07) is 3.19. The summed E-state index contributed by atoms with van der Waals surface area (Å²) < 4.78 is 21.6. The van der Waals surface area contributed by atoms with E-state index in [0.717, 1.165) is 37.3 Å². The molecule has 0 spiro atoms. The van der Waals surface area contributed by atoms with Crippen molar-refractivity contribution in [2.24, 2.45) is 0 Å². The normalized spacial score (nSPS) is 13.0. The molecule has 1 aromatic carbocycles. The summed E-state index contributed by atoms with van der Waals surface area (Å²) in [4.78, 5) is 4.46. The van der Waals surface area contributed by atoms with Gasteiger partial charge in [0.2, 0.25) is 0 Å². The molecular weight excluding hydrogens is 359 g/mol. The molecule has 116 valence electrons. The molecule has 21 heavy (non-hydrogen) atoms. The summed E-state index contributed by atoms with van der Waals surface area (Å²) >= 11 is 9.43. The van der Waals surface area contributed by atoms with E-state index in [1.54, 1.807) is 6.07 Å². The van der Waals surface area contributed by atoms with Crippen molar-refractivity contribution in [1.82, 2.24) is 9.55 Å². The molecule has 0 N–H and O–H groups in total. The summed E-state index contributed by atoms with van der Waals surface area (Å²) in [6.07, 6.45) is 1.89. The van der Waals surface area contributed by atoms with Gasteiger partial charge in [-0.15, -0.1) is 11.6 Å². The van der Waals surface area contributed by atoms with Crippen molar-refractivity contribution in [3.8, 4) is 0 Å². The first-order valence-electron chi connectivity index (χ1n) is 7.11. The summed E-state index contributed by atoms with van der Waals surface area (Å²) in [5, 5.41) is -0.226. The van der Waals surface area contributed by atoms with Crippen molar-refractivity contribution in [2.45, 2.75) is 38.6 Å². The first-order chi connectivity index (χ1) is 10.0. The van der Waals surface area contributed by atoms with Gasteiger partial charge in [0.05, 0.1) is 20.9 Å². The van der Waals surface area contributed by atoms with Crippen LogP contribution in [0.15, 0.2) is 16.6 Å². The van der Waals surface area contributed by atoms with E-state index in [9.17, 15) is 4.39 Å². The predicted octanol–water partition coefficient (Wildman–Crippen LogP) is 5.05. The number of nitrogens with zero attached hydrogens (tertiary/aromatic N) is 2. The van der Waals surface area contributed by atoms with E-state index in [-0.39, 0.29) is 11.2 Å². The zero-order chi connectivity index (χ0) is 15.4. The van der Waals surface area contributed by atoms with Crippen molar-refractivity contribution < 1.29 is 9.13 Å². The van der Waals surface area contributed by atoms with Crippen LogP contribution in [0, 0.1) is 5.82 Å². The number of hydrogen-bond donors (Lipinski definition) is 0. The van der Waals surface area contributed by atoms with Gasteiger partial charge in [0.15, 0.2) is 0 Å². The van der Waals surface area contributed by atoms with Crippen LogP contribution in [0.1, 0.15) is 37.9 Å². The molecule has 0 bridgehead atoms. The maximum atomic E-state index is 13.6. The number of imidazole rings is 1. The molecule has 1 aromatic heterocycles. The Bertz CT molecular complexity index is 615. The Hall–Kier alpha value is -0.650. The highest BCUT2D eigenvalue weighted by atomic mass is 79.9. The predicted molar refractivity (Wildman–Crippen MR) is 87.4 cm³/mol. The van der Waals surface area contributed by atoms with E-state index in [1.165, 1.54) is 6.07 Å². The van der Waals surface area contributed by atoms with Crippen molar-refractivity contribution in [3.05, 3.63) is 28.2 Å². The highest BCUT2D eigenvalue weighted by Gasteiger charge is 2.16. The third kappa shape index (κ3) is 3.96. The van der Waals surface area contributed by atoms with Gasteiger partial charge in [-0.05, 0) is 41.8 Å². The number of alkyl halides is 1. The minimum absolute atomic E-state index is 0.226. The second kappa shape index (κ2) is 7.56. The maximum absolute atomic E-state index is 13.6. The quantitative estimate of drug-likeness (QED) is 0.498. The zero-order valence-corrected chi connectivity index (χ0v) is 14.5. The van der Waals surface area contributed by atoms with Crippen LogP contribution in [0.5, 0.6) is 0 Å². The van der Waals surface area contributed by atoms with Gasteiger partial charge in [-0.1, -0.05) is 6.92 Å². The van der Waals surface area contributed by atoms with E-state index in [0.29, 0.717) is 16.6 Å². The first kappa shape index (κ1) is 16.7. The topological polar surface area (TPSA) is 27.1 Å². The molecular formula is C15H19BrClFN2O. The fourth-order valence-electron chi connectivity index (χ4n) is 2.25. The van der Waals surface area contributed by atoms with Gasteiger partial charge in [-0.2, -0.15) is 0 Å². The van der Waals surface area contributed by atoms with Crippen LogP contribution in [0.3, 0.4) is 0 Å². The Labute approximate surface area is 137 Å². The van der Waals surface area contributed by atoms with Crippen molar-refractivity contribution in [3.63, 3.8) is 0 Å². The van der Waals surface area contributed by atoms with Crippen molar-refractivity contribution >= 4 is 38.6 Å². The van der Waals surface area contributed by atoms with Gasteiger partial charge in [0.1, 0.15) is 11.6 Å². The van der Waals surface area contributed by atoms with Crippen molar-refractivity contribution in [2.75, 3.05) is 13.2 Å². The molecule has 1 atom stereocenters. The van der Waals surface area contributed by atoms with Crippen LogP contribution in [-0.2, 0) is 11.3 Å². The van der Waals surface area contributed by atoms with Crippen molar-refractivity contribution in [1.29, 1.82) is 0 Å². The largest absolute Gasteiger partial charge is 0.381 e. The number of aromatic nitrogens is 2. The number of aryl methyl sites for hydroxylation is 1. The lowest BCUT2D eigenvalue weighted by atomic mass is 10.3. The fraction of sp³-hybridized carbons (Fsp3) is 0.533. The van der Waals surface area contributed by atoms with Gasteiger partial charge in [0.25, 0.3) is 0 Å². The molecule has 0 aliphatic carbocycles. The highest BCUT2D eigenvalue weighted by Crippen LogP contribution is 2.28. The average Bonchev–Trinajstić information content (AvgIpc) is 2.77. The molecule has 6 heteroatoms. The minimum atomic E-state index is -0.313. The molecule has 3 nitrogen and oxygen atoms in total. The minimum Gasteiger partial charge on any atom is -0.381 e. The van der Waals surface area contributed by atoms with Crippen LogP contribution < -0.4 is 0 Å². The molecule has 0 saturated heterocycles. The van der Waals surface area contributed by atoms with Crippen LogP contribution in [-0.4, -0.2) is 22.8 Å². The summed E-state index contributed by atoms with van der Waals surface area (Å²) in [6.45, 7) is 6.19. The van der Waals surface area contributed by atoms with Crippen LogP contribution in [0.25, 0.3) is 11.0 Å². The van der Waals surface area contributed by atoms with Crippen LogP contribution in [0.2, 0.25) is 0 Å². The van der Waals surface area contributed by atoms with E-state index in [1.807, 2.05) is 11.5 Å². The van der Waals surface area contributed by atoms with Gasteiger partial charge >= 0.3 is 0 Å². The molecule has 0 fully saturated rings. The summed E-state index contributed by atoms with van der Waals surface area (Å²) in [5.41, 5.74) is 1.52. The second-order valence-electron chi connectivity index (χ2n) is 4.96. The van der Waals surface area contributed by atoms with Gasteiger partial charge in [0, 0.05) is 25.8 Å². The molecule has 2 aromatic rings. The fourth-order valence-corrected chi connectivity index (χ4v) is 2.75. The standard InChI is InChI=1S/C15H19BrClFN2O/c1-3-6-21-7-4-5-20-14-8-11(16)12(18)9-13(14)19-15(20)10(2)17/h8-10H,3-7H2,1-2H3. The third-order valence-electron chi connectivity index (χ3n) is 3.19. The number of halogens is 3. The molecule has 0 saturated carbocycles. The molecule has 0 aliphatic heterocycles. The number of hydrogen-bond acceptors (Lipinski definition) is 2. The number of fused-ring (bicyclic) bond motifs is 1. The Morgan fingerprint density at radius 1 is 1.43 bits per heavy atom. The maximum Gasteiger partial charge on any atom is 0.139 e. The Balaban J connectivity index is 2.26. The lowest BCUT2D eigenvalue weighted by Gasteiger charge is -2.11. The summed E-state index contributed by atoms with van der Waals surface area (Å²) in [5.74, 6) is 0.451. The van der Waals surface area contributed by atoms with Crippen LogP contribution >= 0.6 is 27.5 Å². The zero-order valence-electron chi connectivity index (χ0n) is 12.2. The number of ether oxygens (including phenoxy) is 1. The monoisotopic (exact) mass is 376 g/mol. The van der Waals surface area contributed by atoms with Gasteiger partial charge in [-0.3, -0.25) is 0 Å². The van der Waals surface area contributed by atoms with E-state index in [4.69, 9.17) is 16.3 Å². The second-order valence-corrected chi connectivity index (χ2v) is 6.47. The number of rotatable bonds is 7. The van der Waals surface area contributed by atoms with E-state index >= 15 is 0 Å². The third-order valence-corrected chi connectivity index (χ3v) is 4.00. The molecule has 2 rings (SSSR count). The Morgan fingerprint density at radius 2 is 2.19 bits per heavy atom.